The van der Waals surface area contributed by atoms with Crippen molar-refractivity contribution in [2.75, 3.05) is 0 Å². The second-order valence-corrected chi connectivity index (χ2v) is 5.64. The molecule has 0 aliphatic carbocycles. The maximum absolute atomic E-state index is 4.15. The van der Waals surface area contributed by atoms with Gasteiger partial charge in [-0.25, -0.2) is 0 Å². The summed E-state index contributed by atoms with van der Waals surface area (Å²) in [5.74, 6) is 0. The number of rotatable bonds is 2. The van der Waals surface area contributed by atoms with Crippen LogP contribution in [0.15, 0.2) is 24.8 Å². The molecule has 1 aromatic carbocycles. The number of aromatic nitrogens is 3. The maximum atomic E-state index is 4.15. The molecule has 78 valence electrons. The quantitative estimate of drug-likeness (QED) is 0.759. The Hall–Kier alpha value is -1.12. The molecule has 3 nitrogen and oxygen atoms in total. The molecule has 0 aliphatic rings. The summed E-state index contributed by atoms with van der Waals surface area (Å²) in [6.07, 6.45) is 3.36. The summed E-state index contributed by atoms with van der Waals surface area (Å²) in [5.41, 5.74) is 4.02. The van der Waals surface area contributed by atoms with Gasteiger partial charge in [-0.15, -0.1) is 0 Å². The van der Waals surface area contributed by atoms with E-state index in [4.69, 9.17) is 0 Å². The predicted octanol–water partition coefficient (Wildman–Crippen LogP) is 0.996. The van der Waals surface area contributed by atoms with Gasteiger partial charge in [0.2, 0.25) is 0 Å². The molecule has 0 N–H and O–H groups in total. The van der Waals surface area contributed by atoms with Crippen LogP contribution in [0.1, 0.15) is 16.7 Å². The van der Waals surface area contributed by atoms with Crippen LogP contribution in [-0.2, 0) is 0 Å². The molecular formula is C11H13N3Se. The molecule has 0 spiro atoms. The molecule has 0 fully saturated rings. The summed E-state index contributed by atoms with van der Waals surface area (Å²) in [6, 6.07) is 4.45. The van der Waals surface area contributed by atoms with Gasteiger partial charge in [-0.1, -0.05) is 0 Å². The van der Waals surface area contributed by atoms with E-state index in [1.807, 2.05) is 3.70 Å². The molecule has 0 saturated heterocycles. The molecule has 2 rings (SSSR count). The van der Waals surface area contributed by atoms with Crippen LogP contribution in [0.2, 0.25) is 0 Å². The van der Waals surface area contributed by atoms with E-state index in [2.05, 4.69) is 43.0 Å². The Balaban J connectivity index is 2.36. The number of benzene rings is 1. The van der Waals surface area contributed by atoms with Crippen molar-refractivity contribution in [3.8, 4) is 0 Å². The van der Waals surface area contributed by atoms with Gasteiger partial charge in [0, 0.05) is 0 Å². The molecule has 0 radical (unpaired) electrons. The average Bonchev–Trinajstić information content (AvgIpc) is 2.63. The van der Waals surface area contributed by atoms with E-state index in [0.29, 0.717) is 0 Å². The van der Waals surface area contributed by atoms with E-state index < -0.39 is 0 Å². The van der Waals surface area contributed by atoms with Crippen LogP contribution in [0.3, 0.4) is 0 Å². The predicted molar refractivity (Wildman–Crippen MR) is 61.5 cm³/mol. The molecule has 0 atom stereocenters. The average molecular weight is 266 g/mol. The fourth-order valence-electron chi connectivity index (χ4n) is 1.65. The van der Waals surface area contributed by atoms with Crippen LogP contribution in [0.5, 0.6) is 0 Å². The molecule has 0 bridgehead atoms. The van der Waals surface area contributed by atoms with Crippen molar-refractivity contribution in [1.29, 1.82) is 0 Å². The monoisotopic (exact) mass is 267 g/mol. The van der Waals surface area contributed by atoms with Gasteiger partial charge >= 0.3 is 95.7 Å². The minimum absolute atomic E-state index is 0.207. The van der Waals surface area contributed by atoms with Gasteiger partial charge in [0.1, 0.15) is 0 Å². The molecule has 0 saturated carbocycles. The van der Waals surface area contributed by atoms with Crippen LogP contribution in [0, 0.1) is 20.8 Å². The summed E-state index contributed by atoms with van der Waals surface area (Å²) in [4.78, 5) is 3.96. The van der Waals surface area contributed by atoms with E-state index in [1.165, 1.54) is 21.2 Å². The first kappa shape index (κ1) is 10.4. The first-order valence-electron chi connectivity index (χ1n) is 4.77. The van der Waals surface area contributed by atoms with Gasteiger partial charge in [-0.3, -0.25) is 0 Å². The van der Waals surface area contributed by atoms with Crippen molar-refractivity contribution in [3.05, 3.63) is 41.5 Å². The zero-order valence-electron chi connectivity index (χ0n) is 9.06. The molecule has 4 heteroatoms. The number of hydrogen-bond acceptors (Lipinski definition) is 2. The van der Waals surface area contributed by atoms with Crippen LogP contribution in [0.25, 0.3) is 0 Å². The van der Waals surface area contributed by atoms with E-state index >= 15 is 0 Å². The molecule has 0 aliphatic heterocycles. The molecular weight excluding hydrogens is 253 g/mol. The Kier molecular flexibility index (Phi) is 2.89. The molecule has 2 aromatic rings. The SMILES string of the molecule is Cc1cc(C)c([Se]n2cncn2)c(C)c1. The number of nitrogens with zero attached hydrogens (tertiary/aromatic N) is 3. The first-order chi connectivity index (χ1) is 7.16. The Morgan fingerprint density at radius 3 is 2.33 bits per heavy atom. The third kappa shape index (κ3) is 2.28. The Labute approximate surface area is 95.9 Å². The molecule has 15 heavy (non-hydrogen) atoms. The topological polar surface area (TPSA) is 30.7 Å². The molecule has 1 aromatic heterocycles. The van der Waals surface area contributed by atoms with Gasteiger partial charge in [-0.2, -0.15) is 0 Å². The number of hydrogen-bond donors (Lipinski definition) is 0. The van der Waals surface area contributed by atoms with Crippen molar-refractivity contribution in [2.45, 2.75) is 20.8 Å². The van der Waals surface area contributed by atoms with Gasteiger partial charge in [-0.05, 0) is 0 Å². The summed E-state index contributed by atoms with van der Waals surface area (Å²) < 4.78 is 3.32. The Bertz CT molecular complexity index is 440. The normalized spacial score (nSPS) is 10.6. The van der Waals surface area contributed by atoms with Crippen molar-refractivity contribution < 1.29 is 0 Å². The van der Waals surface area contributed by atoms with Crippen molar-refractivity contribution in [2.24, 2.45) is 0 Å². The second-order valence-electron chi connectivity index (χ2n) is 3.62. The standard InChI is InChI=1S/C11H13N3Se/c1-8-4-9(2)11(10(3)5-8)15-14-7-12-6-13-14/h4-7H,1-3H3. The van der Waals surface area contributed by atoms with E-state index in [0.717, 1.165) is 0 Å². The molecule has 0 unspecified atom stereocenters. The van der Waals surface area contributed by atoms with E-state index in [9.17, 15) is 0 Å². The summed E-state index contributed by atoms with van der Waals surface area (Å²) in [5, 5.41) is 4.15. The molecule has 1 heterocycles. The number of aryl methyl sites for hydroxylation is 3. The van der Waals surface area contributed by atoms with Crippen molar-refractivity contribution in [3.63, 3.8) is 0 Å². The van der Waals surface area contributed by atoms with Crippen molar-refractivity contribution in [1.82, 2.24) is 13.8 Å². The third-order valence-electron chi connectivity index (χ3n) is 2.19. The van der Waals surface area contributed by atoms with Crippen LogP contribution in [0.4, 0.5) is 0 Å². The first-order valence-corrected chi connectivity index (χ1v) is 6.40. The van der Waals surface area contributed by atoms with Crippen LogP contribution >= 0.6 is 0 Å². The van der Waals surface area contributed by atoms with Crippen molar-refractivity contribution >= 4 is 19.6 Å². The van der Waals surface area contributed by atoms with Gasteiger partial charge in [0.15, 0.2) is 0 Å². The van der Waals surface area contributed by atoms with Gasteiger partial charge < -0.3 is 0 Å². The van der Waals surface area contributed by atoms with Gasteiger partial charge in [0.25, 0.3) is 0 Å². The summed E-state index contributed by atoms with van der Waals surface area (Å²) >= 11 is 0.207. The Morgan fingerprint density at radius 1 is 1.13 bits per heavy atom. The second kappa shape index (κ2) is 4.17. The van der Waals surface area contributed by atoms with Gasteiger partial charge in [0.05, 0.1) is 0 Å². The Morgan fingerprint density at radius 2 is 1.80 bits per heavy atom. The fraction of sp³-hybridized carbons (Fsp3) is 0.273. The minimum atomic E-state index is 0.207. The zero-order valence-corrected chi connectivity index (χ0v) is 10.8. The van der Waals surface area contributed by atoms with E-state index in [1.54, 1.807) is 12.7 Å². The van der Waals surface area contributed by atoms with Crippen LogP contribution in [-0.4, -0.2) is 29.0 Å². The third-order valence-corrected chi connectivity index (χ3v) is 4.71. The summed E-state index contributed by atoms with van der Waals surface area (Å²) in [7, 11) is 0. The van der Waals surface area contributed by atoms with Crippen LogP contribution < -0.4 is 4.46 Å². The fourth-order valence-corrected chi connectivity index (χ4v) is 3.29. The molecule has 0 amide bonds. The van der Waals surface area contributed by atoms with E-state index in [-0.39, 0.29) is 15.2 Å². The zero-order chi connectivity index (χ0) is 10.8. The summed E-state index contributed by atoms with van der Waals surface area (Å²) in [6.45, 7) is 6.45.